The minimum Gasteiger partial charge on any atom is -0.497 e. The van der Waals surface area contributed by atoms with E-state index in [0.29, 0.717) is 6.54 Å². The molecule has 4 rings (SSSR count). The molecule has 1 aromatic heterocycles. The zero-order chi connectivity index (χ0) is 20.8. The first-order valence-corrected chi connectivity index (χ1v) is 11.0. The first kappa shape index (κ1) is 20.4. The summed E-state index contributed by atoms with van der Waals surface area (Å²) in [5, 5.41) is 6.21. The average molecular weight is 423 g/mol. The standard InChI is InChI=1S/C23H26N4O2S/c1-29-20-9-7-19(8-10-20)21-17-30-22(25-21)16-26-11-13-27(14-12-26)23(28)24-15-18-5-3-2-4-6-18/h2-10,17H,11-16H2,1H3,(H,24,28). The Morgan fingerprint density at radius 1 is 1.07 bits per heavy atom. The summed E-state index contributed by atoms with van der Waals surface area (Å²) in [5.41, 5.74) is 3.20. The van der Waals surface area contributed by atoms with Gasteiger partial charge in [0.2, 0.25) is 0 Å². The molecule has 3 aromatic rings. The first-order valence-electron chi connectivity index (χ1n) is 10.1. The molecule has 0 saturated carbocycles. The van der Waals surface area contributed by atoms with E-state index in [4.69, 9.17) is 9.72 Å². The second-order valence-electron chi connectivity index (χ2n) is 7.26. The fourth-order valence-corrected chi connectivity index (χ4v) is 4.31. The number of urea groups is 1. The van der Waals surface area contributed by atoms with Gasteiger partial charge in [-0.3, -0.25) is 4.90 Å². The lowest BCUT2D eigenvalue weighted by Gasteiger charge is -2.34. The number of carbonyl (C=O) groups excluding carboxylic acids is 1. The Balaban J connectivity index is 1.24. The summed E-state index contributed by atoms with van der Waals surface area (Å²) in [7, 11) is 1.67. The molecular weight excluding hydrogens is 396 g/mol. The summed E-state index contributed by atoms with van der Waals surface area (Å²) >= 11 is 1.68. The van der Waals surface area contributed by atoms with Gasteiger partial charge in [-0.25, -0.2) is 9.78 Å². The van der Waals surface area contributed by atoms with E-state index in [1.165, 1.54) is 0 Å². The fraction of sp³-hybridized carbons (Fsp3) is 0.304. The molecule has 0 aliphatic carbocycles. The molecule has 156 valence electrons. The van der Waals surface area contributed by atoms with Crippen molar-refractivity contribution in [2.24, 2.45) is 0 Å². The third-order valence-corrected chi connectivity index (χ3v) is 6.08. The van der Waals surface area contributed by atoms with Crippen LogP contribution >= 0.6 is 11.3 Å². The van der Waals surface area contributed by atoms with Crippen LogP contribution in [0.15, 0.2) is 60.0 Å². The molecule has 2 heterocycles. The largest absolute Gasteiger partial charge is 0.497 e. The fourth-order valence-electron chi connectivity index (χ4n) is 3.46. The summed E-state index contributed by atoms with van der Waals surface area (Å²) in [6.45, 7) is 4.56. The maximum Gasteiger partial charge on any atom is 0.317 e. The number of amides is 2. The van der Waals surface area contributed by atoms with Crippen LogP contribution in [0.1, 0.15) is 10.6 Å². The number of nitrogens with zero attached hydrogens (tertiary/aromatic N) is 3. The molecule has 0 atom stereocenters. The first-order chi connectivity index (χ1) is 14.7. The molecule has 1 aliphatic rings. The third-order valence-electron chi connectivity index (χ3n) is 5.24. The van der Waals surface area contributed by atoms with E-state index in [-0.39, 0.29) is 6.03 Å². The average Bonchev–Trinajstić information content (AvgIpc) is 3.27. The number of carbonyl (C=O) groups is 1. The van der Waals surface area contributed by atoms with Crippen LogP contribution in [0.4, 0.5) is 4.79 Å². The second-order valence-corrected chi connectivity index (χ2v) is 8.21. The van der Waals surface area contributed by atoms with Crippen molar-refractivity contribution in [3.05, 3.63) is 70.5 Å². The highest BCUT2D eigenvalue weighted by atomic mass is 32.1. The number of hydrogen-bond acceptors (Lipinski definition) is 5. The molecule has 2 aromatic carbocycles. The molecule has 0 bridgehead atoms. The van der Waals surface area contributed by atoms with Gasteiger partial charge in [0, 0.05) is 43.7 Å². The SMILES string of the molecule is COc1ccc(-c2csc(CN3CCN(C(=O)NCc4ccccc4)CC3)n2)cc1. The Bertz CT molecular complexity index is 951. The zero-order valence-electron chi connectivity index (χ0n) is 17.1. The van der Waals surface area contributed by atoms with E-state index >= 15 is 0 Å². The summed E-state index contributed by atoms with van der Waals surface area (Å²) in [6.07, 6.45) is 0. The van der Waals surface area contributed by atoms with Crippen molar-refractivity contribution in [2.75, 3.05) is 33.3 Å². The van der Waals surface area contributed by atoms with Crippen LogP contribution in [-0.2, 0) is 13.1 Å². The van der Waals surface area contributed by atoms with Gasteiger partial charge in [0.15, 0.2) is 0 Å². The van der Waals surface area contributed by atoms with Crippen molar-refractivity contribution in [1.29, 1.82) is 0 Å². The van der Waals surface area contributed by atoms with Crippen molar-refractivity contribution >= 4 is 17.4 Å². The van der Waals surface area contributed by atoms with E-state index in [2.05, 4.69) is 15.6 Å². The Morgan fingerprint density at radius 3 is 2.50 bits per heavy atom. The number of ether oxygens (including phenoxy) is 1. The molecule has 0 radical (unpaired) electrons. The van der Waals surface area contributed by atoms with Crippen LogP contribution in [0, 0.1) is 0 Å². The van der Waals surface area contributed by atoms with E-state index in [1.807, 2.05) is 59.5 Å². The van der Waals surface area contributed by atoms with Gasteiger partial charge in [-0.1, -0.05) is 30.3 Å². The summed E-state index contributed by atoms with van der Waals surface area (Å²) in [6, 6.07) is 18.0. The number of hydrogen-bond donors (Lipinski definition) is 1. The maximum absolute atomic E-state index is 12.4. The highest BCUT2D eigenvalue weighted by molar-refractivity contribution is 7.09. The van der Waals surface area contributed by atoms with Gasteiger partial charge in [0.1, 0.15) is 10.8 Å². The van der Waals surface area contributed by atoms with E-state index in [1.54, 1.807) is 18.4 Å². The third kappa shape index (κ3) is 5.17. The summed E-state index contributed by atoms with van der Waals surface area (Å²) < 4.78 is 5.22. The number of rotatable bonds is 6. The van der Waals surface area contributed by atoms with Crippen LogP contribution in [0.25, 0.3) is 11.3 Å². The minimum atomic E-state index is 0.00884. The number of methoxy groups -OCH3 is 1. The van der Waals surface area contributed by atoms with Crippen molar-refractivity contribution < 1.29 is 9.53 Å². The maximum atomic E-state index is 12.4. The minimum absolute atomic E-state index is 0.00884. The highest BCUT2D eigenvalue weighted by Crippen LogP contribution is 2.25. The topological polar surface area (TPSA) is 57.7 Å². The molecule has 1 fully saturated rings. The molecule has 0 spiro atoms. The van der Waals surface area contributed by atoms with Crippen molar-refractivity contribution in [3.8, 4) is 17.0 Å². The zero-order valence-corrected chi connectivity index (χ0v) is 17.9. The molecule has 6 nitrogen and oxygen atoms in total. The lowest BCUT2D eigenvalue weighted by atomic mass is 10.2. The van der Waals surface area contributed by atoms with Gasteiger partial charge in [0.05, 0.1) is 19.3 Å². The van der Waals surface area contributed by atoms with E-state index in [0.717, 1.165) is 60.3 Å². The van der Waals surface area contributed by atoms with Crippen LogP contribution in [0.5, 0.6) is 5.75 Å². The number of piperazine rings is 1. The van der Waals surface area contributed by atoms with Gasteiger partial charge < -0.3 is 15.0 Å². The van der Waals surface area contributed by atoms with E-state index < -0.39 is 0 Å². The lowest BCUT2D eigenvalue weighted by molar-refractivity contribution is 0.135. The Kier molecular flexibility index (Phi) is 6.61. The predicted molar refractivity (Wildman–Crippen MR) is 120 cm³/mol. The second kappa shape index (κ2) is 9.73. The molecule has 1 saturated heterocycles. The Labute approximate surface area is 181 Å². The number of benzene rings is 2. The van der Waals surface area contributed by atoms with Crippen LogP contribution in [0.3, 0.4) is 0 Å². The molecule has 2 amide bonds. The lowest BCUT2D eigenvalue weighted by Crippen LogP contribution is -2.51. The summed E-state index contributed by atoms with van der Waals surface area (Å²) in [5.74, 6) is 0.847. The van der Waals surface area contributed by atoms with Gasteiger partial charge in [-0.15, -0.1) is 11.3 Å². The summed E-state index contributed by atoms with van der Waals surface area (Å²) in [4.78, 5) is 21.5. The number of thiazole rings is 1. The quantitative estimate of drug-likeness (QED) is 0.656. The number of aromatic nitrogens is 1. The molecular formula is C23H26N4O2S. The van der Waals surface area contributed by atoms with Crippen LogP contribution in [0.2, 0.25) is 0 Å². The van der Waals surface area contributed by atoms with Crippen molar-refractivity contribution in [1.82, 2.24) is 20.1 Å². The molecule has 7 heteroatoms. The van der Waals surface area contributed by atoms with Crippen molar-refractivity contribution in [3.63, 3.8) is 0 Å². The molecule has 0 unspecified atom stereocenters. The molecule has 30 heavy (non-hydrogen) atoms. The van der Waals surface area contributed by atoms with Gasteiger partial charge in [0.25, 0.3) is 0 Å². The van der Waals surface area contributed by atoms with Crippen LogP contribution < -0.4 is 10.1 Å². The van der Waals surface area contributed by atoms with Gasteiger partial charge in [-0.2, -0.15) is 0 Å². The normalized spacial score (nSPS) is 14.5. The van der Waals surface area contributed by atoms with Gasteiger partial charge >= 0.3 is 6.03 Å². The highest BCUT2D eigenvalue weighted by Gasteiger charge is 2.21. The van der Waals surface area contributed by atoms with E-state index in [9.17, 15) is 4.79 Å². The van der Waals surface area contributed by atoms with Crippen molar-refractivity contribution in [2.45, 2.75) is 13.1 Å². The predicted octanol–water partition coefficient (Wildman–Crippen LogP) is 3.85. The smallest absolute Gasteiger partial charge is 0.317 e. The Hall–Kier alpha value is -2.90. The van der Waals surface area contributed by atoms with Crippen LogP contribution in [-0.4, -0.2) is 54.1 Å². The molecule has 1 aliphatic heterocycles. The monoisotopic (exact) mass is 422 g/mol. The Morgan fingerprint density at radius 2 is 1.80 bits per heavy atom. The van der Waals surface area contributed by atoms with Gasteiger partial charge in [-0.05, 0) is 29.8 Å². The molecule has 1 N–H and O–H groups in total. The number of nitrogens with one attached hydrogen (secondary N) is 1.